The van der Waals surface area contributed by atoms with Gasteiger partial charge in [0.25, 0.3) is 0 Å². The van der Waals surface area contributed by atoms with Crippen LogP contribution in [0, 0.1) is 0 Å². The summed E-state index contributed by atoms with van der Waals surface area (Å²) in [7, 11) is 0. The lowest BCUT2D eigenvalue weighted by Gasteiger charge is -2.22. The summed E-state index contributed by atoms with van der Waals surface area (Å²) in [6, 6.07) is 15.2. The molecular weight excluding hydrogens is 320 g/mol. The molecule has 0 fully saturated rings. The first-order valence-electron chi connectivity index (χ1n) is 8.31. The molecule has 6 heteroatoms. The number of amides is 1. The Hall–Kier alpha value is -2.57. The van der Waals surface area contributed by atoms with Crippen molar-refractivity contribution in [2.75, 3.05) is 38.2 Å². The van der Waals surface area contributed by atoms with Gasteiger partial charge in [0.2, 0.25) is 5.91 Å². The molecule has 132 valence electrons. The quantitative estimate of drug-likeness (QED) is 0.804. The molecule has 0 saturated carbocycles. The normalized spacial score (nSPS) is 12.9. The van der Waals surface area contributed by atoms with Gasteiger partial charge in [-0.1, -0.05) is 30.3 Å². The number of ether oxygens (including phenoxy) is 2. The van der Waals surface area contributed by atoms with Gasteiger partial charge in [-0.25, -0.2) is 0 Å². The molecule has 2 aromatic carbocycles. The van der Waals surface area contributed by atoms with Gasteiger partial charge < -0.3 is 19.9 Å². The van der Waals surface area contributed by atoms with Crippen LogP contribution in [0.25, 0.3) is 0 Å². The SMILES string of the molecule is O=C(CN(CCO)Cc1ccccc1)Nc1ccc2c(c1)OCCO2. The van der Waals surface area contributed by atoms with E-state index in [0.29, 0.717) is 43.5 Å². The summed E-state index contributed by atoms with van der Waals surface area (Å²) >= 11 is 0. The smallest absolute Gasteiger partial charge is 0.238 e. The predicted molar refractivity (Wildman–Crippen MR) is 94.9 cm³/mol. The van der Waals surface area contributed by atoms with E-state index < -0.39 is 0 Å². The first-order chi connectivity index (χ1) is 12.2. The van der Waals surface area contributed by atoms with Crippen molar-refractivity contribution in [2.24, 2.45) is 0 Å². The minimum absolute atomic E-state index is 0.00410. The van der Waals surface area contributed by atoms with E-state index in [9.17, 15) is 9.90 Å². The lowest BCUT2D eigenvalue weighted by molar-refractivity contribution is -0.117. The zero-order valence-corrected chi connectivity index (χ0v) is 14.0. The van der Waals surface area contributed by atoms with Crippen LogP contribution in [-0.2, 0) is 11.3 Å². The molecule has 0 bridgehead atoms. The predicted octanol–water partition coefficient (Wildman–Crippen LogP) is 1.89. The van der Waals surface area contributed by atoms with Crippen LogP contribution >= 0.6 is 0 Å². The molecule has 3 rings (SSSR count). The van der Waals surface area contributed by atoms with Crippen LogP contribution in [-0.4, -0.2) is 48.8 Å². The Labute approximate surface area is 147 Å². The summed E-state index contributed by atoms with van der Waals surface area (Å²) in [5.41, 5.74) is 1.76. The number of anilines is 1. The Balaban J connectivity index is 1.59. The van der Waals surface area contributed by atoms with Gasteiger partial charge >= 0.3 is 0 Å². The van der Waals surface area contributed by atoms with Gasteiger partial charge in [-0.2, -0.15) is 0 Å². The number of hydrogen-bond donors (Lipinski definition) is 2. The molecular formula is C19H22N2O4. The van der Waals surface area contributed by atoms with Crippen LogP contribution in [0.3, 0.4) is 0 Å². The highest BCUT2D eigenvalue weighted by Crippen LogP contribution is 2.32. The monoisotopic (exact) mass is 342 g/mol. The summed E-state index contributed by atoms with van der Waals surface area (Å²) < 4.78 is 11.0. The van der Waals surface area contributed by atoms with Crippen molar-refractivity contribution in [3.05, 3.63) is 54.1 Å². The van der Waals surface area contributed by atoms with E-state index in [2.05, 4.69) is 5.32 Å². The van der Waals surface area contributed by atoms with E-state index in [1.807, 2.05) is 35.2 Å². The summed E-state index contributed by atoms with van der Waals surface area (Å²) in [5, 5.41) is 12.1. The fraction of sp³-hybridized carbons (Fsp3) is 0.316. The first-order valence-corrected chi connectivity index (χ1v) is 8.31. The number of hydrogen-bond acceptors (Lipinski definition) is 5. The molecule has 1 heterocycles. The van der Waals surface area contributed by atoms with E-state index >= 15 is 0 Å². The van der Waals surface area contributed by atoms with Gasteiger partial charge in [0.05, 0.1) is 13.2 Å². The average Bonchev–Trinajstić information content (AvgIpc) is 2.62. The van der Waals surface area contributed by atoms with Crippen LogP contribution in [0.15, 0.2) is 48.5 Å². The zero-order valence-electron chi connectivity index (χ0n) is 14.0. The van der Waals surface area contributed by atoms with Gasteiger partial charge in [-0.3, -0.25) is 9.69 Å². The van der Waals surface area contributed by atoms with Crippen LogP contribution in [0.4, 0.5) is 5.69 Å². The Morgan fingerprint density at radius 3 is 2.60 bits per heavy atom. The van der Waals surface area contributed by atoms with Gasteiger partial charge in [0.15, 0.2) is 11.5 Å². The highest BCUT2D eigenvalue weighted by atomic mass is 16.6. The summed E-state index contributed by atoms with van der Waals surface area (Å²) in [4.78, 5) is 14.3. The number of nitrogens with one attached hydrogen (secondary N) is 1. The number of nitrogens with zero attached hydrogens (tertiary/aromatic N) is 1. The molecule has 0 radical (unpaired) electrons. The van der Waals surface area contributed by atoms with Crippen LogP contribution in [0.1, 0.15) is 5.56 Å². The van der Waals surface area contributed by atoms with E-state index in [1.165, 1.54) is 0 Å². The van der Waals surface area contributed by atoms with Gasteiger partial charge in [-0.05, 0) is 17.7 Å². The number of carbonyl (C=O) groups excluding carboxylic acids is 1. The highest BCUT2D eigenvalue weighted by Gasteiger charge is 2.14. The third-order valence-electron chi connectivity index (χ3n) is 3.86. The van der Waals surface area contributed by atoms with Crippen molar-refractivity contribution in [1.82, 2.24) is 4.90 Å². The third-order valence-corrected chi connectivity index (χ3v) is 3.86. The standard InChI is InChI=1S/C19H22N2O4/c22-9-8-21(13-15-4-2-1-3-5-15)14-19(23)20-16-6-7-17-18(12-16)25-11-10-24-17/h1-7,12,22H,8-11,13-14H2,(H,20,23). The van der Waals surface area contributed by atoms with Gasteiger partial charge in [0.1, 0.15) is 13.2 Å². The minimum Gasteiger partial charge on any atom is -0.486 e. The third kappa shape index (κ3) is 4.95. The van der Waals surface area contributed by atoms with Crippen LogP contribution < -0.4 is 14.8 Å². The topological polar surface area (TPSA) is 71.0 Å². The molecule has 25 heavy (non-hydrogen) atoms. The molecule has 2 aromatic rings. The molecule has 2 N–H and O–H groups in total. The van der Waals surface area contributed by atoms with E-state index in [1.54, 1.807) is 18.2 Å². The van der Waals surface area contributed by atoms with Gasteiger partial charge in [-0.15, -0.1) is 0 Å². The van der Waals surface area contributed by atoms with Crippen LogP contribution in [0.5, 0.6) is 11.5 Å². The van der Waals surface area contributed by atoms with Crippen molar-refractivity contribution < 1.29 is 19.4 Å². The molecule has 1 amide bonds. The molecule has 0 spiro atoms. The molecule has 0 aliphatic carbocycles. The molecule has 0 saturated heterocycles. The van der Waals surface area contributed by atoms with Crippen LogP contribution in [0.2, 0.25) is 0 Å². The van der Waals surface area contributed by atoms with Crippen molar-refractivity contribution in [3.63, 3.8) is 0 Å². The van der Waals surface area contributed by atoms with Crippen molar-refractivity contribution >= 4 is 11.6 Å². The number of aliphatic hydroxyl groups is 1. The number of carbonyl (C=O) groups is 1. The maximum atomic E-state index is 12.3. The minimum atomic E-state index is -0.138. The molecule has 6 nitrogen and oxygen atoms in total. The van der Waals surface area contributed by atoms with Gasteiger partial charge in [0, 0.05) is 24.8 Å². The second kappa shape index (κ2) is 8.50. The highest BCUT2D eigenvalue weighted by molar-refractivity contribution is 5.92. The molecule has 0 unspecified atom stereocenters. The van der Waals surface area contributed by atoms with E-state index in [-0.39, 0.29) is 19.1 Å². The first kappa shape index (κ1) is 17.3. The van der Waals surface area contributed by atoms with E-state index in [4.69, 9.17) is 9.47 Å². The molecule has 1 aliphatic heterocycles. The molecule has 0 aromatic heterocycles. The fourth-order valence-corrected chi connectivity index (χ4v) is 2.72. The van der Waals surface area contributed by atoms with Crippen molar-refractivity contribution in [3.8, 4) is 11.5 Å². The average molecular weight is 342 g/mol. The number of benzene rings is 2. The van der Waals surface area contributed by atoms with E-state index in [0.717, 1.165) is 5.56 Å². The lowest BCUT2D eigenvalue weighted by Crippen LogP contribution is -2.34. The van der Waals surface area contributed by atoms with Crippen molar-refractivity contribution in [2.45, 2.75) is 6.54 Å². The Kier molecular flexibility index (Phi) is 5.87. The van der Waals surface area contributed by atoms with Crippen molar-refractivity contribution in [1.29, 1.82) is 0 Å². The number of rotatable bonds is 7. The molecule has 0 atom stereocenters. The largest absolute Gasteiger partial charge is 0.486 e. The maximum Gasteiger partial charge on any atom is 0.238 e. The number of fused-ring (bicyclic) bond motifs is 1. The Morgan fingerprint density at radius 2 is 1.84 bits per heavy atom. The maximum absolute atomic E-state index is 12.3. The summed E-state index contributed by atoms with van der Waals surface area (Å²) in [6.45, 7) is 2.29. The zero-order chi connectivity index (χ0) is 17.5. The number of aliphatic hydroxyl groups excluding tert-OH is 1. The molecule has 1 aliphatic rings. The second-order valence-electron chi connectivity index (χ2n) is 5.83. The second-order valence-corrected chi connectivity index (χ2v) is 5.83. The summed E-state index contributed by atoms with van der Waals surface area (Å²) in [5.74, 6) is 1.19. The Morgan fingerprint density at radius 1 is 1.08 bits per heavy atom. The fourth-order valence-electron chi connectivity index (χ4n) is 2.72. The summed E-state index contributed by atoms with van der Waals surface area (Å²) in [6.07, 6.45) is 0. The Bertz CT molecular complexity index is 706. The lowest BCUT2D eigenvalue weighted by atomic mass is 10.2.